The number of aromatic nitrogens is 3. The van der Waals surface area contributed by atoms with Crippen LogP contribution in [0.25, 0.3) is 33.1 Å². The van der Waals surface area contributed by atoms with E-state index in [4.69, 9.17) is 9.47 Å². The number of alkyl carbamates (subject to hydrolysis) is 1. The van der Waals surface area contributed by atoms with E-state index in [1.165, 1.54) is 7.11 Å². The molecule has 0 fully saturated rings. The fraction of sp³-hybridized carbons (Fsp3) is 0.250. The van der Waals surface area contributed by atoms with E-state index in [0.717, 1.165) is 38.6 Å². The smallest absolute Gasteiger partial charge is 0.407 e. The summed E-state index contributed by atoms with van der Waals surface area (Å²) in [6, 6.07) is 19.5. The summed E-state index contributed by atoms with van der Waals surface area (Å²) in [6.45, 7) is 5.32. The van der Waals surface area contributed by atoms with Crippen molar-refractivity contribution in [2.45, 2.75) is 44.9 Å². The summed E-state index contributed by atoms with van der Waals surface area (Å²) in [4.78, 5) is 36.4. The van der Waals surface area contributed by atoms with E-state index in [2.05, 4.69) is 31.7 Å². The van der Waals surface area contributed by atoms with Crippen molar-refractivity contribution in [3.05, 3.63) is 84.3 Å². The Kier molecular flexibility index (Phi) is 7.84. The third-order valence-corrected chi connectivity index (χ3v) is 6.85. The number of benzene rings is 3. The van der Waals surface area contributed by atoms with Gasteiger partial charge in [0.05, 0.1) is 42.1 Å². The molecule has 5 aromatic rings. The Hall–Kier alpha value is -5.30. The van der Waals surface area contributed by atoms with E-state index in [1.807, 2.05) is 54.7 Å². The molecule has 1 amide bonds. The van der Waals surface area contributed by atoms with Crippen LogP contribution < -0.4 is 10.6 Å². The summed E-state index contributed by atoms with van der Waals surface area (Å²) in [5.74, 6) is -0.563. The number of para-hydroxylation sites is 1. The van der Waals surface area contributed by atoms with Crippen molar-refractivity contribution in [3.63, 3.8) is 0 Å². The Labute approximate surface area is 243 Å². The van der Waals surface area contributed by atoms with E-state index in [1.54, 1.807) is 39.2 Å². The second-order valence-corrected chi connectivity index (χ2v) is 11.0. The number of nitrogens with zero attached hydrogens (tertiary/aromatic N) is 2. The molecule has 42 heavy (non-hydrogen) atoms. The lowest BCUT2D eigenvalue weighted by Crippen LogP contribution is -2.49. The maximum absolute atomic E-state index is 12.9. The Bertz CT molecular complexity index is 1790. The zero-order chi connectivity index (χ0) is 29.9. The maximum atomic E-state index is 12.9. The molecule has 0 saturated heterocycles. The number of ether oxygens (including phenoxy) is 2. The van der Waals surface area contributed by atoms with Gasteiger partial charge in [0.2, 0.25) is 0 Å². The van der Waals surface area contributed by atoms with Gasteiger partial charge in [0.15, 0.2) is 0 Å². The van der Waals surface area contributed by atoms with Crippen LogP contribution in [-0.2, 0) is 15.9 Å². The molecule has 214 valence electrons. The van der Waals surface area contributed by atoms with Crippen LogP contribution in [0.1, 0.15) is 36.7 Å². The molecule has 4 N–H and O–H groups in total. The van der Waals surface area contributed by atoms with Crippen LogP contribution in [0.2, 0.25) is 0 Å². The average Bonchev–Trinajstić information content (AvgIpc) is 3.61. The minimum Gasteiger partial charge on any atom is -0.465 e. The molecule has 10 nitrogen and oxygen atoms in total. The summed E-state index contributed by atoms with van der Waals surface area (Å²) in [7, 11) is 1.31. The lowest BCUT2D eigenvalue weighted by Gasteiger charge is -2.27. The van der Waals surface area contributed by atoms with E-state index in [9.17, 15) is 14.9 Å². The van der Waals surface area contributed by atoms with Gasteiger partial charge in [-0.3, -0.25) is 0 Å². The van der Waals surface area contributed by atoms with Gasteiger partial charge in [-0.2, -0.15) is 5.26 Å². The van der Waals surface area contributed by atoms with Crippen molar-refractivity contribution < 1.29 is 19.1 Å². The molecule has 0 aliphatic rings. The molecule has 2 atom stereocenters. The normalized spacial score (nSPS) is 12.8. The fourth-order valence-corrected chi connectivity index (χ4v) is 4.88. The zero-order valence-corrected chi connectivity index (χ0v) is 23.8. The molecule has 0 aliphatic heterocycles. The number of nitriles is 1. The first-order chi connectivity index (χ1) is 20.1. The highest BCUT2D eigenvalue weighted by Gasteiger charge is 2.28. The highest BCUT2D eigenvalue weighted by atomic mass is 16.6. The number of carbonyl (C=O) groups excluding carboxylic acids is 2. The van der Waals surface area contributed by atoms with Gasteiger partial charge in [-0.15, -0.1) is 0 Å². The van der Waals surface area contributed by atoms with Gasteiger partial charge in [0.1, 0.15) is 11.6 Å². The largest absolute Gasteiger partial charge is 0.465 e. The Morgan fingerprint density at radius 2 is 1.79 bits per heavy atom. The van der Waals surface area contributed by atoms with Crippen LogP contribution in [0.5, 0.6) is 0 Å². The predicted molar refractivity (Wildman–Crippen MR) is 161 cm³/mol. The average molecular weight is 565 g/mol. The summed E-state index contributed by atoms with van der Waals surface area (Å²) in [5, 5.41) is 17.4. The van der Waals surface area contributed by atoms with Crippen molar-refractivity contribution >= 4 is 39.7 Å². The first kappa shape index (κ1) is 28.2. The minimum atomic E-state index is -0.929. The molecule has 0 saturated carbocycles. The first-order valence-electron chi connectivity index (χ1n) is 13.5. The van der Waals surface area contributed by atoms with Gasteiger partial charge in [-0.05, 0) is 74.2 Å². The van der Waals surface area contributed by atoms with Crippen molar-refractivity contribution in [2.24, 2.45) is 0 Å². The highest BCUT2D eigenvalue weighted by molar-refractivity contribution is 5.97. The van der Waals surface area contributed by atoms with Gasteiger partial charge in [0.25, 0.3) is 0 Å². The third-order valence-electron chi connectivity index (χ3n) is 6.85. The molecule has 0 spiro atoms. The number of hydrogen-bond donors (Lipinski definition) is 4. The molecule has 0 radical (unpaired) electrons. The number of imidazole rings is 1. The van der Waals surface area contributed by atoms with E-state index in [-0.39, 0.29) is 5.56 Å². The number of carbonyl (C=O) groups is 2. The molecule has 2 aromatic heterocycles. The van der Waals surface area contributed by atoms with E-state index < -0.39 is 29.7 Å². The van der Waals surface area contributed by atoms with Gasteiger partial charge in [-0.1, -0.05) is 30.3 Å². The highest BCUT2D eigenvalue weighted by Crippen LogP contribution is 2.29. The van der Waals surface area contributed by atoms with Crippen molar-refractivity contribution in [3.8, 4) is 17.2 Å². The van der Waals surface area contributed by atoms with Gasteiger partial charge in [0, 0.05) is 22.8 Å². The molecular weight excluding hydrogens is 532 g/mol. The Morgan fingerprint density at radius 3 is 2.55 bits per heavy atom. The van der Waals surface area contributed by atoms with Gasteiger partial charge < -0.3 is 30.1 Å². The quantitative estimate of drug-likeness (QED) is 0.171. The lowest BCUT2D eigenvalue weighted by atomic mass is 9.97. The Balaban J connectivity index is 1.48. The van der Waals surface area contributed by atoms with Crippen LogP contribution in [0.4, 0.5) is 10.5 Å². The van der Waals surface area contributed by atoms with Crippen LogP contribution >= 0.6 is 0 Å². The number of rotatable bonds is 8. The number of fused-ring (bicyclic) bond motifs is 2. The van der Waals surface area contributed by atoms with Gasteiger partial charge >= 0.3 is 12.1 Å². The van der Waals surface area contributed by atoms with Gasteiger partial charge in [-0.25, -0.2) is 14.6 Å². The monoisotopic (exact) mass is 564 g/mol. The number of nitrogens with one attached hydrogen (secondary N) is 4. The predicted octanol–water partition coefficient (Wildman–Crippen LogP) is 5.94. The standard InChI is InChI=1S/C32H32N6O4/c1-32(2,3)42-31(40)38-28(15-21-17-34-24-8-6-5-7-22(21)24)29(16-33)37-25-11-9-19(13-23(25)30(39)41-4)20-10-12-26-27(14-20)36-18-35-26/h5-14,17-18,28-29,34,37H,15H2,1-4H3,(H,35,36)(H,38,40)/t28-,29-/m0/s1. The number of amides is 1. The first-order valence-corrected chi connectivity index (χ1v) is 13.5. The number of anilines is 1. The molecule has 2 heterocycles. The van der Waals surface area contributed by atoms with E-state index in [0.29, 0.717) is 12.1 Å². The second kappa shape index (κ2) is 11.7. The van der Waals surface area contributed by atoms with Crippen molar-refractivity contribution in [1.29, 1.82) is 5.26 Å². The number of aromatic amines is 2. The molecule has 10 heteroatoms. The summed E-state index contributed by atoms with van der Waals surface area (Å²) in [6.07, 6.45) is 3.17. The molecule has 5 rings (SSSR count). The molecule has 3 aromatic carbocycles. The molecule has 0 aliphatic carbocycles. The van der Waals surface area contributed by atoms with Crippen molar-refractivity contribution in [2.75, 3.05) is 12.4 Å². The Morgan fingerprint density at radius 1 is 1.02 bits per heavy atom. The van der Waals surface area contributed by atoms with Crippen LogP contribution in [0, 0.1) is 11.3 Å². The second-order valence-electron chi connectivity index (χ2n) is 11.0. The summed E-state index contributed by atoms with van der Waals surface area (Å²) >= 11 is 0. The SMILES string of the molecule is COC(=O)c1cc(-c2ccc3nc[nH]c3c2)ccc1N[C@@H](C#N)[C@H](Cc1c[nH]c2ccccc12)NC(=O)OC(C)(C)C. The zero-order valence-electron chi connectivity index (χ0n) is 23.8. The summed E-state index contributed by atoms with van der Waals surface area (Å²) in [5.41, 5.74) is 5.16. The topological polar surface area (TPSA) is 145 Å². The van der Waals surface area contributed by atoms with Crippen LogP contribution in [-0.4, -0.2) is 51.8 Å². The number of H-pyrrole nitrogens is 2. The molecular formula is C32H32N6O4. The number of hydrogen-bond acceptors (Lipinski definition) is 7. The maximum Gasteiger partial charge on any atom is 0.407 e. The van der Waals surface area contributed by atoms with Crippen LogP contribution in [0.15, 0.2) is 73.2 Å². The lowest BCUT2D eigenvalue weighted by molar-refractivity contribution is 0.0501. The fourth-order valence-electron chi connectivity index (χ4n) is 4.88. The molecule has 0 bridgehead atoms. The number of esters is 1. The summed E-state index contributed by atoms with van der Waals surface area (Å²) < 4.78 is 10.6. The van der Waals surface area contributed by atoms with Crippen LogP contribution in [0.3, 0.4) is 0 Å². The van der Waals surface area contributed by atoms with E-state index >= 15 is 0 Å². The van der Waals surface area contributed by atoms with Crippen molar-refractivity contribution in [1.82, 2.24) is 20.3 Å². The number of methoxy groups -OCH3 is 1. The minimum absolute atomic E-state index is 0.253. The third kappa shape index (κ3) is 6.20. The molecule has 0 unspecified atom stereocenters.